The molecule has 152 valence electrons. The Kier molecular flexibility index (Phi) is 5.56. The first-order valence-corrected chi connectivity index (χ1v) is 9.99. The molecule has 1 saturated carbocycles. The number of hydrogen-bond donors (Lipinski definition) is 1. The van der Waals surface area contributed by atoms with E-state index in [9.17, 15) is 18.4 Å². The second kappa shape index (κ2) is 8.27. The number of likely N-dealkylation sites (tertiary alicyclic amines) is 1. The fourth-order valence-electron chi connectivity index (χ4n) is 4.06. The topological polar surface area (TPSA) is 62.3 Å². The minimum absolute atomic E-state index is 0.0551. The Bertz CT molecular complexity index is 889. The number of hydrogen-bond acceptors (Lipinski definition) is 3. The highest BCUT2D eigenvalue weighted by Crippen LogP contribution is 2.31. The Labute approximate surface area is 168 Å². The molecule has 7 heteroatoms. The van der Waals surface area contributed by atoms with Crippen molar-refractivity contribution in [3.63, 3.8) is 0 Å². The van der Waals surface area contributed by atoms with E-state index in [1.807, 2.05) is 4.90 Å². The third-order valence-electron chi connectivity index (χ3n) is 5.86. The van der Waals surface area contributed by atoms with Gasteiger partial charge in [-0.3, -0.25) is 9.59 Å². The summed E-state index contributed by atoms with van der Waals surface area (Å²) in [6.45, 7) is 1.68. The summed E-state index contributed by atoms with van der Waals surface area (Å²) in [6.07, 6.45) is 5.65. The van der Waals surface area contributed by atoms with Gasteiger partial charge in [-0.05, 0) is 61.4 Å². The monoisotopic (exact) mass is 399 g/mol. The fourth-order valence-corrected chi connectivity index (χ4v) is 4.06. The molecule has 5 nitrogen and oxygen atoms in total. The molecule has 0 spiro atoms. The molecule has 0 unspecified atom stereocenters. The van der Waals surface area contributed by atoms with Gasteiger partial charge in [0, 0.05) is 43.3 Å². The number of aromatic nitrogens is 1. The first kappa shape index (κ1) is 19.5. The van der Waals surface area contributed by atoms with Crippen molar-refractivity contribution in [1.29, 1.82) is 0 Å². The van der Waals surface area contributed by atoms with Crippen LogP contribution >= 0.6 is 0 Å². The first-order chi connectivity index (χ1) is 14.0. The third kappa shape index (κ3) is 4.60. The van der Waals surface area contributed by atoms with Crippen LogP contribution in [0.25, 0.3) is 11.1 Å². The van der Waals surface area contributed by atoms with Crippen molar-refractivity contribution in [2.45, 2.75) is 32.1 Å². The second-order valence-electron chi connectivity index (χ2n) is 7.89. The van der Waals surface area contributed by atoms with Crippen LogP contribution in [0.1, 0.15) is 32.1 Å². The maximum Gasteiger partial charge on any atom is 0.228 e. The molecule has 2 fully saturated rings. The maximum atomic E-state index is 13.4. The highest BCUT2D eigenvalue weighted by Gasteiger charge is 2.31. The lowest BCUT2D eigenvalue weighted by molar-refractivity contribution is -0.141. The van der Waals surface area contributed by atoms with Gasteiger partial charge in [-0.1, -0.05) is 0 Å². The number of halogens is 2. The van der Waals surface area contributed by atoms with Crippen LogP contribution in [0, 0.1) is 23.5 Å². The number of nitrogens with one attached hydrogen (secondary N) is 1. The van der Waals surface area contributed by atoms with Gasteiger partial charge in [-0.2, -0.15) is 0 Å². The third-order valence-corrected chi connectivity index (χ3v) is 5.86. The average molecular weight is 399 g/mol. The molecule has 4 rings (SSSR count). The standard InChI is InChI=1S/C22H23F2N3O2/c23-18-9-17(10-19(24)11-18)16-5-6-20(25-12-16)26-22(29)15-3-1-14(2-4-15)13-27-8-7-21(27)28/h5-6,9-12,14-15H,1-4,7-8,13H2,(H,25,26,29). The van der Waals surface area contributed by atoms with Crippen LogP contribution in [0.5, 0.6) is 0 Å². The number of anilines is 1. The van der Waals surface area contributed by atoms with E-state index in [1.165, 1.54) is 18.3 Å². The van der Waals surface area contributed by atoms with Crippen LogP contribution in [-0.4, -0.2) is 34.8 Å². The number of β-lactam (4-membered cyclic amide) rings is 1. The molecule has 0 bridgehead atoms. The van der Waals surface area contributed by atoms with Crippen molar-refractivity contribution in [2.24, 2.45) is 11.8 Å². The van der Waals surface area contributed by atoms with E-state index in [0.29, 0.717) is 29.3 Å². The molecule has 2 amide bonds. The quantitative estimate of drug-likeness (QED) is 0.773. The van der Waals surface area contributed by atoms with Crippen molar-refractivity contribution in [2.75, 3.05) is 18.4 Å². The van der Waals surface area contributed by atoms with Gasteiger partial charge < -0.3 is 10.2 Å². The number of amides is 2. The summed E-state index contributed by atoms with van der Waals surface area (Å²) < 4.78 is 26.7. The zero-order chi connectivity index (χ0) is 20.4. The second-order valence-corrected chi connectivity index (χ2v) is 7.89. The maximum absolute atomic E-state index is 13.4. The molecular formula is C22H23F2N3O2. The number of pyridine rings is 1. The highest BCUT2D eigenvalue weighted by molar-refractivity contribution is 5.91. The summed E-state index contributed by atoms with van der Waals surface area (Å²) in [4.78, 5) is 30.1. The summed E-state index contributed by atoms with van der Waals surface area (Å²) in [7, 11) is 0. The Balaban J connectivity index is 1.30. The zero-order valence-corrected chi connectivity index (χ0v) is 16.0. The Morgan fingerprint density at radius 3 is 2.34 bits per heavy atom. The molecular weight excluding hydrogens is 376 g/mol. The van der Waals surface area contributed by atoms with Crippen molar-refractivity contribution >= 4 is 17.6 Å². The van der Waals surface area contributed by atoms with Gasteiger partial charge in [0.25, 0.3) is 0 Å². The van der Waals surface area contributed by atoms with E-state index in [4.69, 9.17) is 0 Å². The molecule has 2 aliphatic rings. The van der Waals surface area contributed by atoms with E-state index in [2.05, 4.69) is 10.3 Å². The van der Waals surface area contributed by atoms with E-state index < -0.39 is 11.6 Å². The number of benzene rings is 1. The van der Waals surface area contributed by atoms with Crippen molar-refractivity contribution in [1.82, 2.24) is 9.88 Å². The predicted octanol–water partition coefficient (Wildman–Crippen LogP) is 4.00. The Hall–Kier alpha value is -2.83. The first-order valence-electron chi connectivity index (χ1n) is 9.99. The normalized spacial score (nSPS) is 21.6. The van der Waals surface area contributed by atoms with Gasteiger partial charge in [0.2, 0.25) is 11.8 Å². The average Bonchev–Trinajstić information content (AvgIpc) is 2.71. The summed E-state index contributed by atoms with van der Waals surface area (Å²) in [5.41, 5.74) is 0.967. The van der Waals surface area contributed by atoms with Crippen LogP contribution < -0.4 is 5.32 Å². The summed E-state index contributed by atoms with van der Waals surface area (Å²) >= 11 is 0. The van der Waals surface area contributed by atoms with Crippen LogP contribution in [0.4, 0.5) is 14.6 Å². The van der Waals surface area contributed by atoms with E-state index in [-0.39, 0.29) is 17.7 Å². The van der Waals surface area contributed by atoms with Gasteiger partial charge in [0.15, 0.2) is 0 Å². The minimum Gasteiger partial charge on any atom is -0.342 e. The Morgan fingerprint density at radius 2 is 1.79 bits per heavy atom. The van der Waals surface area contributed by atoms with Crippen LogP contribution in [0.15, 0.2) is 36.5 Å². The lowest BCUT2D eigenvalue weighted by atomic mass is 9.81. The van der Waals surface area contributed by atoms with E-state index in [0.717, 1.165) is 44.8 Å². The van der Waals surface area contributed by atoms with Gasteiger partial charge >= 0.3 is 0 Å². The number of nitrogens with zero attached hydrogens (tertiary/aromatic N) is 2. The van der Waals surface area contributed by atoms with Crippen molar-refractivity contribution in [3.05, 3.63) is 48.2 Å². The van der Waals surface area contributed by atoms with Crippen LogP contribution in [0.2, 0.25) is 0 Å². The molecule has 0 radical (unpaired) electrons. The molecule has 1 saturated heterocycles. The minimum atomic E-state index is -0.647. The summed E-state index contributed by atoms with van der Waals surface area (Å²) in [5, 5.41) is 2.84. The highest BCUT2D eigenvalue weighted by atomic mass is 19.1. The molecule has 1 aliphatic carbocycles. The van der Waals surface area contributed by atoms with E-state index in [1.54, 1.807) is 12.1 Å². The van der Waals surface area contributed by atoms with Gasteiger partial charge in [0.05, 0.1) is 0 Å². The molecule has 0 atom stereocenters. The molecule has 29 heavy (non-hydrogen) atoms. The van der Waals surface area contributed by atoms with Gasteiger partial charge in [-0.15, -0.1) is 0 Å². The zero-order valence-electron chi connectivity index (χ0n) is 16.0. The smallest absolute Gasteiger partial charge is 0.228 e. The Morgan fingerprint density at radius 1 is 1.07 bits per heavy atom. The number of carbonyl (C=O) groups excluding carboxylic acids is 2. The largest absolute Gasteiger partial charge is 0.342 e. The van der Waals surface area contributed by atoms with Gasteiger partial charge in [-0.25, -0.2) is 13.8 Å². The summed E-state index contributed by atoms with van der Waals surface area (Å²) in [6, 6.07) is 6.62. The summed E-state index contributed by atoms with van der Waals surface area (Å²) in [5.74, 6) is -0.271. The molecule has 1 aliphatic heterocycles. The molecule has 1 N–H and O–H groups in total. The van der Waals surface area contributed by atoms with Crippen molar-refractivity contribution in [3.8, 4) is 11.1 Å². The lowest BCUT2D eigenvalue weighted by Gasteiger charge is -2.36. The lowest BCUT2D eigenvalue weighted by Crippen LogP contribution is -2.46. The van der Waals surface area contributed by atoms with Crippen LogP contribution in [0.3, 0.4) is 0 Å². The number of carbonyl (C=O) groups is 2. The molecule has 2 heterocycles. The predicted molar refractivity (Wildman–Crippen MR) is 105 cm³/mol. The van der Waals surface area contributed by atoms with Crippen LogP contribution in [-0.2, 0) is 9.59 Å². The van der Waals surface area contributed by atoms with E-state index >= 15 is 0 Å². The SMILES string of the molecule is O=C(Nc1ccc(-c2cc(F)cc(F)c2)cn1)C1CCC(CN2CCC2=O)CC1. The molecule has 1 aromatic heterocycles. The molecule has 2 aromatic rings. The van der Waals surface area contributed by atoms with Crippen molar-refractivity contribution < 1.29 is 18.4 Å². The molecule has 1 aromatic carbocycles. The fraction of sp³-hybridized carbons (Fsp3) is 0.409. The number of rotatable bonds is 5. The van der Waals surface area contributed by atoms with Gasteiger partial charge in [0.1, 0.15) is 17.5 Å².